The van der Waals surface area contributed by atoms with Crippen molar-refractivity contribution in [2.45, 2.75) is 13.8 Å². The van der Waals surface area contributed by atoms with Crippen molar-refractivity contribution in [3.8, 4) is 67.2 Å². The molecule has 0 radical (unpaired) electrons. The van der Waals surface area contributed by atoms with Crippen molar-refractivity contribution in [1.82, 2.24) is 15.0 Å². The average Bonchev–Trinajstić information content (AvgIpc) is 3.21. The van der Waals surface area contributed by atoms with Crippen molar-refractivity contribution in [3.63, 3.8) is 0 Å². The van der Waals surface area contributed by atoms with Crippen molar-refractivity contribution in [2.24, 2.45) is 0 Å². The topological polar surface area (TPSA) is 38.7 Å². The molecule has 246 valence electrons. The molecule has 3 nitrogen and oxygen atoms in total. The number of hydrogen-bond donors (Lipinski definition) is 0. The van der Waals surface area contributed by atoms with E-state index in [9.17, 15) is 0 Å². The molecular weight excluding hydrogens is 631 g/mol. The molecular formula is C49H35N3. The van der Waals surface area contributed by atoms with Gasteiger partial charge in [-0.3, -0.25) is 4.98 Å². The van der Waals surface area contributed by atoms with E-state index in [1.54, 1.807) is 0 Å². The summed E-state index contributed by atoms with van der Waals surface area (Å²) in [6.07, 6.45) is 0. The van der Waals surface area contributed by atoms with E-state index < -0.39 is 0 Å². The zero-order chi connectivity index (χ0) is 35.0. The largest absolute Gasteiger partial charge is 0.251 e. The van der Waals surface area contributed by atoms with E-state index in [4.69, 9.17) is 15.0 Å². The lowest BCUT2D eigenvalue weighted by atomic mass is 9.95. The van der Waals surface area contributed by atoms with Crippen LogP contribution < -0.4 is 0 Å². The lowest BCUT2D eigenvalue weighted by molar-refractivity contribution is 1.25. The van der Waals surface area contributed by atoms with Crippen molar-refractivity contribution in [2.75, 3.05) is 0 Å². The molecule has 0 saturated heterocycles. The second-order valence-corrected chi connectivity index (χ2v) is 13.4. The number of hydrogen-bond acceptors (Lipinski definition) is 3. The first-order chi connectivity index (χ1) is 25.6. The second-order valence-electron chi connectivity index (χ2n) is 13.4. The molecule has 0 fully saturated rings. The Balaban J connectivity index is 1.04. The van der Waals surface area contributed by atoms with Gasteiger partial charge in [-0.05, 0) is 89.2 Å². The van der Waals surface area contributed by atoms with E-state index in [-0.39, 0.29) is 0 Å². The van der Waals surface area contributed by atoms with Gasteiger partial charge in [-0.2, -0.15) is 0 Å². The van der Waals surface area contributed by atoms with Crippen LogP contribution in [-0.2, 0) is 0 Å². The Labute approximate surface area is 304 Å². The third-order valence-electron chi connectivity index (χ3n) is 9.86. The first-order valence-corrected chi connectivity index (χ1v) is 17.7. The van der Waals surface area contributed by atoms with E-state index in [1.165, 1.54) is 16.7 Å². The maximum Gasteiger partial charge on any atom is 0.0974 e. The summed E-state index contributed by atoms with van der Waals surface area (Å²) in [5.74, 6) is 0. The fraction of sp³-hybridized carbons (Fsp3) is 0.0408. The minimum Gasteiger partial charge on any atom is -0.251 e. The van der Waals surface area contributed by atoms with Crippen LogP contribution in [0, 0.1) is 13.8 Å². The zero-order valence-corrected chi connectivity index (χ0v) is 29.1. The van der Waals surface area contributed by atoms with Gasteiger partial charge in [-0.25, -0.2) is 9.97 Å². The minimum absolute atomic E-state index is 0.950. The first-order valence-electron chi connectivity index (χ1n) is 17.7. The molecule has 0 atom stereocenters. The number of aromatic nitrogens is 3. The van der Waals surface area contributed by atoms with Crippen molar-refractivity contribution < 1.29 is 0 Å². The van der Waals surface area contributed by atoms with Gasteiger partial charge in [0, 0.05) is 33.2 Å². The van der Waals surface area contributed by atoms with Crippen LogP contribution in [0.1, 0.15) is 11.3 Å². The molecule has 0 aliphatic heterocycles. The summed E-state index contributed by atoms with van der Waals surface area (Å²) >= 11 is 0. The zero-order valence-electron chi connectivity index (χ0n) is 29.1. The summed E-state index contributed by atoms with van der Waals surface area (Å²) in [5.41, 5.74) is 17.2. The highest BCUT2D eigenvalue weighted by atomic mass is 14.8. The van der Waals surface area contributed by atoms with Crippen LogP contribution in [0.5, 0.6) is 0 Å². The Morgan fingerprint density at radius 1 is 0.308 bits per heavy atom. The predicted molar refractivity (Wildman–Crippen MR) is 217 cm³/mol. The summed E-state index contributed by atoms with van der Waals surface area (Å²) in [6.45, 7) is 4.19. The quantitative estimate of drug-likeness (QED) is 0.166. The molecule has 0 aliphatic carbocycles. The summed E-state index contributed by atoms with van der Waals surface area (Å²) in [5, 5.41) is 2.25. The highest BCUT2D eigenvalue weighted by Crippen LogP contribution is 2.35. The van der Waals surface area contributed by atoms with Crippen LogP contribution in [0.3, 0.4) is 0 Å². The summed E-state index contributed by atoms with van der Waals surface area (Å²) in [6, 6.07) is 62.2. The molecule has 6 aromatic carbocycles. The molecule has 0 N–H and O–H groups in total. The lowest BCUT2D eigenvalue weighted by Gasteiger charge is -2.12. The third kappa shape index (κ3) is 6.03. The predicted octanol–water partition coefficient (Wildman–Crippen LogP) is 12.8. The van der Waals surface area contributed by atoms with Crippen molar-refractivity contribution in [3.05, 3.63) is 187 Å². The molecule has 0 unspecified atom stereocenters. The van der Waals surface area contributed by atoms with Gasteiger partial charge in [0.25, 0.3) is 0 Å². The summed E-state index contributed by atoms with van der Waals surface area (Å²) < 4.78 is 0. The van der Waals surface area contributed by atoms with E-state index in [0.29, 0.717) is 0 Å². The Morgan fingerprint density at radius 3 is 1.44 bits per heavy atom. The number of rotatable bonds is 6. The third-order valence-corrected chi connectivity index (χ3v) is 9.86. The monoisotopic (exact) mass is 665 g/mol. The normalized spacial score (nSPS) is 11.3. The average molecular weight is 666 g/mol. The van der Waals surface area contributed by atoms with Gasteiger partial charge in [0.05, 0.1) is 28.1 Å². The molecule has 3 heterocycles. The Hall–Kier alpha value is -6.71. The van der Waals surface area contributed by atoms with Crippen LogP contribution in [0.15, 0.2) is 176 Å². The number of pyridine rings is 3. The Morgan fingerprint density at radius 2 is 0.808 bits per heavy atom. The lowest BCUT2D eigenvalue weighted by Crippen LogP contribution is -1.93. The van der Waals surface area contributed by atoms with Crippen LogP contribution in [0.25, 0.3) is 89.0 Å². The minimum atomic E-state index is 0.950. The highest BCUT2D eigenvalue weighted by molar-refractivity contribution is 6.04. The van der Waals surface area contributed by atoms with Crippen molar-refractivity contribution >= 4 is 21.8 Å². The molecule has 9 aromatic rings. The number of fused-ring (bicyclic) bond motifs is 3. The van der Waals surface area contributed by atoms with Gasteiger partial charge in [0.15, 0.2) is 0 Å². The van der Waals surface area contributed by atoms with Gasteiger partial charge in [0.2, 0.25) is 0 Å². The standard InChI is InChI=1S/C49H35N3/c1-32-27-45(52-49-44(32)26-25-38-20-19-33(2)50-48(38)49)42-18-10-17-41(29-42)40-16-9-15-39(28-40)34-21-23-35(24-22-34)43-30-46(36-11-5-3-6-12-36)51-47(31-43)37-13-7-4-8-14-37/h3-31H,1-2H3. The Kier molecular flexibility index (Phi) is 7.94. The maximum absolute atomic E-state index is 5.19. The van der Waals surface area contributed by atoms with Crippen molar-refractivity contribution in [1.29, 1.82) is 0 Å². The molecule has 9 rings (SSSR count). The molecule has 0 spiro atoms. The second kappa shape index (κ2) is 13.2. The first kappa shape index (κ1) is 31.3. The smallest absolute Gasteiger partial charge is 0.0974 e. The van der Waals surface area contributed by atoms with E-state index in [0.717, 1.165) is 83.5 Å². The van der Waals surface area contributed by atoms with Gasteiger partial charge in [-0.15, -0.1) is 0 Å². The molecule has 3 aromatic heterocycles. The number of aryl methyl sites for hydroxylation is 2. The summed E-state index contributed by atoms with van der Waals surface area (Å²) in [7, 11) is 0. The molecule has 0 bridgehead atoms. The van der Waals surface area contributed by atoms with E-state index in [1.807, 2.05) is 19.1 Å². The van der Waals surface area contributed by atoms with Gasteiger partial charge in [-0.1, -0.05) is 140 Å². The summed E-state index contributed by atoms with van der Waals surface area (Å²) in [4.78, 5) is 15.1. The van der Waals surface area contributed by atoms with Crippen LogP contribution in [-0.4, -0.2) is 15.0 Å². The SMILES string of the molecule is Cc1ccc2ccc3c(C)cc(-c4cccc(-c5cccc(-c6ccc(-c7cc(-c8ccccc8)nc(-c8ccccc8)c7)cc6)c5)c4)nc3c2n1. The van der Waals surface area contributed by atoms with Gasteiger partial charge in [0.1, 0.15) is 0 Å². The molecule has 52 heavy (non-hydrogen) atoms. The van der Waals surface area contributed by atoms with Gasteiger partial charge < -0.3 is 0 Å². The van der Waals surface area contributed by atoms with E-state index in [2.05, 4.69) is 171 Å². The molecule has 0 aliphatic rings. The molecule has 0 saturated carbocycles. The highest BCUT2D eigenvalue weighted by Gasteiger charge is 2.12. The van der Waals surface area contributed by atoms with E-state index >= 15 is 0 Å². The number of nitrogens with zero attached hydrogens (tertiary/aromatic N) is 3. The fourth-order valence-electron chi connectivity index (χ4n) is 7.09. The number of benzene rings is 6. The maximum atomic E-state index is 5.19. The molecule has 0 amide bonds. The van der Waals surface area contributed by atoms with Gasteiger partial charge >= 0.3 is 0 Å². The van der Waals surface area contributed by atoms with Crippen LogP contribution in [0.4, 0.5) is 0 Å². The molecule has 3 heteroatoms. The van der Waals surface area contributed by atoms with Crippen LogP contribution >= 0.6 is 0 Å². The Bertz CT molecular complexity index is 2680. The van der Waals surface area contributed by atoms with Crippen LogP contribution in [0.2, 0.25) is 0 Å². The fourth-order valence-corrected chi connectivity index (χ4v) is 7.09.